The molecular weight excluding hydrogens is 312 g/mol. The standard InChI is InChI=1S/C21H26N2O2/c1-3-19(17-9-12-22-13-10-17)23(4-2)21(24)15-20-18-8-6-5-7-16(18)11-14-25-20/h5-10,12-13,19-20H,3-4,11,14-15H2,1-2H3/t19-,20+/m1/s1. The molecule has 1 aliphatic rings. The van der Waals surface area contributed by atoms with Gasteiger partial charge in [-0.3, -0.25) is 9.78 Å². The monoisotopic (exact) mass is 338 g/mol. The van der Waals surface area contributed by atoms with Crippen molar-refractivity contribution >= 4 is 5.91 Å². The van der Waals surface area contributed by atoms with Crippen molar-refractivity contribution in [2.75, 3.05) is 13.2 Å². The molecule has 3 rings (SSSR count). The molecule has 0 spiro atoms. The first-order chi connectivity index (χ1) is 12.2. The van der Waals surface area contributed by atoms with Crippen LogP contribution in [0.3, 0.4) is 0 Å². The van der Waals surface area contributed by atoms with Gasteiger partial charge in [-0.15, -0.1) is 0 Å². The van der Waals surface area contributed by atoms with Crippen molar-refractivity contribution in [1.29, 1.82) is 0 Å². The third-order valence-electron chi connectivity index (χ3n) is 4.97. The molecule has 0 unspecified atom stereocenters. The first kappa shape index (κ1) is 17.6. The van der Waals surface area contributed by atoms with Gasteiger partial charge >= 0.3 is 0 Å². The zero-order valence-corrected chi connectivity index (χ0v) is 15.0. The topological polar surface area (TPSA) is 42.4 Å². The molecule has 1 aromatic carbocycles. The number of fused-ring (bicyclic) bond motifs is 1. The van der Waals surface area contributed by atoms with Crippen LogP contribution in [0.1, 0.15) is 55.5 Å². The molecule has 132 valence electrons. The summed E-state index contributed by atoms with van der Waals surface area (Å²) in [5.74, 6) is 0.146. The summed E-state index contributed by atoms with van der Waals surface area (Å²) in [6, 6.07) is 12.4. The van der Waals surface area contributed by atoms with Gasteiger partial charge in [0, 0.05) is 18.9 Å². The van der Waals surface area contributed by atoms with Crippen LogP contribution in [0.5, 0.6) is 0 Å². The fourth-order valence-electron chi connectivity index (χ4n) is 3.71. The van der Waals surface area contributed by atoms with Crippen molar-refractivity contribution in [2.24, 2.45) is 0 Å². The van der Waals surface area contributed by atoms with E-state index in [9.17, 15) is 4.79 Å². The van der Waals surface area contributed by atoms with E-state index in [1.165, 1.54) is 5.56 Å². The molecule has 1 aromatic heterocycles. The zero-order valence-electron chi connectivity index (χ0n) is 15.0. The number of hydrogen-bond acceptors (Lipinski definition) is 3. The predicted octanol–water partition coefficient (Wildman–Crippen LogP) is 4.09. The van der Waals surface area contributed by atoms with Crippen molar-refractivity contribution in [3.05, 3.63) is 65.5 Å². The van der Waals surface area contributed by atoms with Gasteiger partial charge in [0.1, 0.15) is 0 Å². The zero-order chi connectivity index (χ0) is 17.6. The molecule has 1 amide bonds. The quantitative estimate of drug-likeness (QED) is 0.797. The number of aromatic nitrogens is 1. The molecule has 2 heterocycles. The number of hydrogen-bond donors (Lipinski definition) is 0. The summed E-state index contributed by atoms with van der Waals surface area (Å²) in [5.41, 5.74) is 3.60. The number of benzene rings is 1. The minimum atomic E-state index is -0.138. The van der Waals surface area contributed by atoms with E-state index in [0.717, 1.165) is 24.0 Å². The summed E-state index contributed by atoms with van der Waals surface area (Å²) >= 11 is 0. The van der Waals surface area contributed by atoms with E-state index < -0.39 is 0 Å². The van der Waals surface area contributed by atoms with Crippen LogP contribution < -0.4 is 0 Å². The van der Waals surface area contributed by atoms with Crippen LogP contribution in [0.15, 0.2) is 48.8 Å². The Kier molecular flexibility index (Phi) is 5.82. The number of ether oxygens (including phenoxy) is 1. The number of nitrogens with zero attached hydrogens (tertiary/aromatic N) is 2. The molecule has 0 saturated heterocycles. The average molecular weight is 338 g/mol. The van der Waals surface area contributed by atoms with Crippen molar-refractivity contribution in [1.82, 2.24) is 9.88 Å². The first-order valence-electron chi connectivity index (χ1n) is 9.13. The van der Waals surface area contributed by atoms with Crippen LogP contribution in [-0.2, 0) is 16.0 Å². The van der Waals surface area contributed by atoms with Gasteiger partial charge in [0.25, 0.3) is 0 Å². The highest BCUT2D eigenvalue weighted by atomic mass is 16.5. The Bertz CT molecular complexity index is 702. The van der Waals surface area contributed by atoms with Crippen LogP contribution in [-0.4, -0.2) is 28.9 Å². The van der Waals surface area contributed by atoms with Crippen molar-refractivity contribution in [3.8, 4) is 0 Å². The predicted molar refractivity (Wildman–Crippen MR) is 98.1 cm³/mol. The summed E-state index contributed by atoms with van der Waals surface area (Å²) in [4.78, 5) is 19.1. The summed E-state index contributed by atoms with van der Waals surface area (Å²) in [7, 11) is 0. The highest BCUT2D eigenvalue weighted by molar-refractivity contribution is 5.77. The normalized spacial score (nSPS) is 17.6. The van der Waals surface area contributed by atoms with Gasteiger partial charge in [-0.05, 0) is 48.6 Å². The highest BCUT2D eigenvalue weighted by Crippen LogP contribution is 2.32. The second-order valence-corrected chi connectivity index (χ2v) is 6.40. The Balaban J connectivity index is 1.77. The summed E-state index contributed by atoms with van der Waals surface area (Å²) in [5, 5.41) is 0. The number of carbonyl (C=O) groups excluding carboxylic acids is 1. The van der Waals surface area contributed by atoms with Crippen molar-refractivity contribution in [3.63, 3.8) is 0 Å². The Morgan fingerprint density at radius 1 is 1.24 bits per heavy atom. The maximum atomic E-state index is 13.1. The van der Waals surface area contributed by atoms with E-state index >= 15 is 0 Å². The molecule has 0 fully saturated rings. The van der Waals surface area contributed by atoms with Gasteiger partial charge in [0.05, 0.1) is 25.2 Å². The molecule has 0 bridgehead atoms. The van der Waals surface area contributed by atoms with Gasteiger partial charge in [0.2, 0.25) is 5.91 Å². The summed E-state index contributed by atoms with van der Waals surface area (Å²) < 4.78 is 5.93. The lowest BCUT2D eigenvalue weighted by molar-refractivity contribution is -0.137. The smallest absolute Gasteiger partial charge is 0.226 e. The largest absolute Gasteiger partial charge is 0.373 e. The fraction of sp³-hybridized carbons (Fsp3) is 0.429. The van der Waals surface area contributed by atoms with Crippen LogP contribution >= 0.6 is 0 Å². The Labute approximate surface area is 149 Å². The van der Waals surface area contributed by atoms with E-state index in [1.807, 2.05) is 30.0 Å². The van der Waals surface area contributed by atoms with E-state index in [1.54, 1.807) is 12.4 Å². The lowest BCUT2D eigenvalue weighted by Crippen LogP contribution is -2.36. The number of rotatable bonds is 6. The van der Waals surface area contributed by atoms with Gasteiger partial charge < -0.3 is 9.64 Å². The van der Waals surface area contributed by atoms with Crippen LogP contribution in [0.4, 0.5) is 0 Å². The average Bonchev–Trinajstić information content (AvgIpc) is 2.67. The molecule has 0 aliphatic carbocycles. The van der Waals surface area contributed by atoms with E-state index in [2.05, 4.69) is 30.1 Å². The molecule has 2 atom stereocenters. The number of carbonyl (C=O) groups is 1. The SMILES string of the molecule is CC[C@H](c1ccncc1)N(CC)C(=O)C[C@@H]1OCCc2ccccc21. The molecule has 4 heteroatoms. The lowest BCUT2D eigenvalue weighted by Gasteiger charge is -2.33. The van der Waals surface area contributed by atoms with Crippen molar-refractivity contribution in [2.45, 2.75) is 45.3 Å². The third-order valence-corrected chi connectivity index (χ3v) is 4.97. The maximum Gasteiger partial charge on any atom is 0.226 e. The summed E-state index contributed by atoms with van der Waals surface area (Å²) in [6.07, 6.45) is 5.64. The Morgan fingerprint density at radius 3 is 2.72 bits per heavy atom. The molecule has 0 saturated carbocycles. The van der Waals surface area contributed by atoms with Crippen LogP contribution in [0, 0.1) is 0 Å². The Hall–Kier alpha value is -2.20. The van der Waals surface area contributed by atoms with E-state index in [0.29, 0.717) is 19.6 Å². The molecule has 4 nitrogen and oxygen atoms in total. The van der Waals surface area contributed by atoms with Crippen LogP contribution in [0.2, 0.25) is 0 Å². The maximum absolute atomic E-state index is 13.1. The van der Waals surface area contributed by atoms with E-state index in [-0.39, 0.29) is 18.1 Å². The molecular formula is C21H26N2O2. The third kappa shape index (κ3) is 3.90. The molecule has 0 radical (unpaired) electrons. The highest BCUT2D eigenvalue weighted by Gasteiger charge is 2.28. The summed E-state index contributed by atoms with van der Waals surface area (Å²) in [6.45, 7) is 5.53. The minimum absolute atomic E-state index is 0.0827. The molecule has 1 aliphatic heterocycles. The van der Waals surface area contributed by atoms with Gasteiger partial charge in [-0.25, -0.2) is 0 Å². The molecule has 0 N–H and O–H groups in total. The van der Waals surface area contributed by atoms with Gasteiger partial charge in [-0.2, -0.15) is 0 Å². The molecule has 25 heavy (non-hydrogen) atoms. The Morgan fingerprint density at radius 2 is 2.00 bits per heavy atom. The van der Waals surface area contributed by atoms with Crippen molar-refractivity contribution < 1.29 is 9.53 Å². The second kappa shape index (κ2) is 8.26. The lowest BCUT2D eigenvalue weighted by atomic mass is 9.95. The van der Waals surface area contributed by atoms with Gasteiger partial charge in [0.15, 0.2) is 0 Å². The minimum Gasteiger partial charge on any atom is -0.373 e. The second-order valence-electron chi connectivity index (χ2n) is 6.40. The van der Waals surface area contributed by atoms with Gasteiger partial charge in [-0.1, -0.05) is 31.2 Å². The number of amides is 1. The van der Waals surface area contributed by atoms with E-state index in [4.69, 9.17) is 4.74 Å². The van der Waals surface area contributed by atoms with Crippen LogP contribution in [0.25, 0.3) is 0 Å². The molecule has 2 aromatic rings. The number of pyridine rings is 1. The fourth-order valence-corrected chi connectivity index (χ4v) is 3.71. The first-order valence-corrected chi connectivity index (χ1v) is 9.13.